The zero-order chi connectivity index (χ0) is 20.9. The van der Waals surface area contributed by atoms with Crippen LogP contribution in [0.3, 0.4) is 0 Å². The van der Waals surface area contributed by atoms with E-state index in [0.717, 1.165) is 22.0 Å². The number of methoxy groups -OCH3 is 1. The number of fused-ring (bicyclic) bond motifs is 1. The molecule has 6 heteroatoms. The number of para-hydroxylation sites is 2. The third-order valence-electron chi connectivity index (χ3n) is 4.93. The normalized spacial score (nSPS) is 12.2. The second-order valence-electron chi connectivity index (χ2n) is 6.84. The van der Waals surface area contributed by atoms with Gasteiger partial charge in [-0.25, -0.2) is 4.98 Å². The molecule has 150 valence electrons. The third-order valence-corrected chi connectivity index (χ3v) is 4.93. The molecular weight excluding hydrogens is 376 g/mol. The van der Waals surface area contributed by atoms with Gasteiger partial charge in [-0.05, 0) is 18.2 Å². The predicted octanol–water partition coefficient (Wildman–Crippen LogP) is 3.90. The van der Waals surface area contributed by atoms with Gasteiger partial charge in [-0.3, -0.25) is 9.78 Å². The van der Waals surface area contributed by atoms with E-state index >= 15 is 0 Å². The Bertz CT molecular complexity index is 1210. The highest BCUT2D eigenvalue weighted by Crippen LogP contribution is 2.29. The van der Waals surface area contributed by atoms with Crippen LogP contribution in [-0.2, 0) is 11.8 Å². The standard InChI is InChI=1S/C24H22N4O2/c1-28-16-15-26-24(28)23(19-10-3-4-11-20(19)30-2)27-21(29)13-12-18-8-5-7-17-9-6-14-25-22(17)18/h3-16,23H,1-2H3,(H,27,29)/b13-12+. The van der Waals surface area contributed by atoms with Gasteiger partial charge in [-0.1, -0.05) is 42.5 Å². The SMILES string of the molecule is COc1ccccc1C(NC(=O)/C=C/c1cccc2cccnc12)c1nccn1C. The Balaban J connectivity index is 1.64. The van der Waals surface area contributed by atoms with Gasteiger partial charge >= 0.3 is 0 Å². The zero-order valence-electron chi connectivity index (χ0n) is 16.8. The van der Waals surface area contributed by atoms with Crippen molar-refractivity contribution in [2.75, 3.05) is 7.11 Å². The number of rotatable bonds is 6. The number of hydrogen-bond donors (Lipinski definition) is 1. The van der Waals surface area contributed by atoms with Crippen LogP contribution < -0.4 is 10.1 Å². The van der Waals surface area contributed by atoms with Crippen molar-refractivity contribution in [1.82, 2.24) is 19.9 Å². The Kier molecular flexibility index (Phi) is 5.57. The largest absolute Gasteiger partial charge is 0.496 e. The van der Waals surface area contributed by atoms with Crippen LogP contribution in [0.2, 0.25) is 0 Å². The first kappa shape index (κ1) is 19.4. The fraction of sp³-hybridized carbons (Fsp3) is 0.125. The number of nitrogens with one attached hydrogen (secondary N) is 1. The molecule has 0 aliphatic heterocycles. The Morgan fingerprint density at radius 3 is 2.70 bits per heavy atom. The second-order valence-corrected chi connectivity index (χ2v) is 6.84. The van der Waals surface area contributed by atoms with Crippen molar-refractivity contribution in [3.05, 3.63) is 96.2 Å². The van der Waals surface area contributed by atoms with E-state index in [1.165, 1.54) is 6.08 Å². The number of aryl methyl sites for hydroxylation is 1. The van der Waals surface area contributed by atoms with Crippen LogP contribution >= 0.6 is 0 Å². The summed E-state index contributed by atoms with van der Waals surface area (Å²) in [5.74, 6) is 1.17. The van der Waals surface area contributed by atoms with Gasteiger partial charge in [0.25, 0.3) is 0 Å². The first-order valence-electron chi connectivity index (χ1n) is 9.60. The summed E-state index contributed by atoms with van der Waals surface area (Å²) in [5.41, 5.74) is 2.58. The lowest BCUT2D eigenvalue weighted by Crippen LogP contribution is -2.30. The molecule has 1 unspecified atom stereocenters. The maximum atomic E-state index is 12.8. The number of imidazole rings is 1. The lowest BCUT2D eigenvalue weighted by atomic mass is 10.0. The molecule has 0 bridgehead atoms. The predicted molar refractivity (Wildman–Crippen MR) is 117 cm³/mol. The van der Waals surface area contributed by atoms with E-state index in [9.17, 15) is 4.79 Å². The van der Waals surface area contributed by atoms with Crippen LogP contribution in [0.4, 0.5) is 0 Å². The maximum absolute atomic E-state index is 12.8. The molecule has 4 aromatic rings. The number of carbonyl (C=O) groups is 1. The lowest BCUT2D eigenvalue weighted by molar-refractivity contribution is -0.117. The van der Waals surface area contributed by atoms with E-state index in [0.29, 0.717) is 11.6 Å². The van der Waals surface area contributed by atoms with Crippen molar-refractivity contribution in [3.8, 4) is 5.75 Å². The summed E-state index contributed by atoms with van der Waals surface area (Å²) >= 11 is 0. The average Bonchev–Trinajstić information content (AvgIpc) is 3.21. The summed E-state index contributed by atoms with van der Waals surface area (Å²) in [6.07, 6.45) is 8.61. The average molecular weight is 398 g/mol. The fourth-order valence-electron chi connectivity index (χ4n) is 3.46. The van der Waals surface area contributed by atoms with Crippen LogP contribution in [0.25, 0.3) is 17.0 Å². The highest BCUT2D eigenvalue weighted by atomic mass is 16.5. The number of ether oxygens (including phenoxy) is 1. The van der Waals surface area contributed by atoms with Crippen LogP contribution in [0.1, 0.15) is 23.0 Å². The Morgan fingerprint density at radius 1 is 1.07 bits per heavy atom. The number of pyridine rings is 1. The molecule has 0 aliphatic carbocycles. The van der Waals surface area contributed by atoms with Crippen molar-refractivity contribution < 1.29 is 9.53 Å². The van der Waals surface area contributed by atoms with Crippen LogP contribution in [0.5, 0.6) is 5.75 Å². The highest BCUT2D eigenvalue weighted by molar-refractivity contribution is 5.95. The minimum absolute atomic E-state index is 0.234. The molecule has 0 aliphatic rings. The van der Waals surface area contributed by atoms with Crippen molar-refractivity contribution in [3.63, 3.8) is 0 Å². The third kappa shape index (κ3) is 3.93. The molecule has 1 N–H and O–H groups in total. The highest BCUT2D eigenvalue weighted by Gasteiger charge is 2.23. The number of aromatic nitrogens is 3. The van der Waals surface area contributed by atoms with Gasteiger partial charge < -0.3 is 14.6 Å². The van der Waals surface area contributed by atoms with Crippen molar-refractivity contribution in [2.45, 2.75) is 6.04 Å². The molecule has 0 saturated carbocycles. The molecule has 4 rings (SSSR count). The summed E-state index contributed by atoms with van der Waals surface area (Å²) in [6, 6.07) is 16.9. The van der Waals surface area contributed by atoms with E-state index in [1.54, 1.807) is 25.6 Å². The molecule has 1 amide bonds. The van der Waals surface area contributed by atoms with Crippen LogP contribution in [-0.4, -0.2) is 27.6 Å². The van der Waals surface area contributed by atoms with Crippen molar-refractivity contribution >= 4 is 22.9 Å². The molecule has 0 radical (unpaired) electrons. The monoisotopic (exact) mass is 398 g/mol. The number of hydrogen-bond acceptors (Lipinski definition) is 4. The van der Waals surface area contributed by atoms with Gasteiger partial charge in [0, 0.05) is 48.2 Å². The number of amides is 1. The molecular formula is C24H22N4O2. The molecule has 0 saturated heterocycles. The first-order chi connectivity index (χ1) is 14.7. The van der Waals surface area contributed by atoms with Gasteiger partial charge in [0.1, 0.15) is 17.6 Å². The van der Waals surface area contributed by atoms with E-state index in [-0.39, 0.29) is 5.91 Å². The summed E-state index contributed by atoms with van der Waals surface area (Å²) in [7, 11) is 3.51. The van der Waals surface area contributed by atoms with E-state index in [1.807, 2.05) is 72.4 Å². The topological polar surface area (TPSA) is 69.0 Å². The van der Waals surface area contributed by atoms with Crippen molar-refractivity contribution in [1.29, 1.82) is 0 Å². The minimum Gasteiger partial charge on any atom is -0.496 e. The number of nitrogens with zero attached hydrogens (tertiary/aromatic N) is 3. The minimum atomic E-state index is -0.455. The summed E-state index contributed by atoms with van der Waals surface area (Å²) < 4.78 is 7.39. The molecule has 2 heterocycles. The van der Waals surface area contributed by atoms with Gasteiger partial charge in [0.15, 0.2) is 0 Å². The molecule has 6 nitrogen and oxygen atoms in total. The Hall–Kier alpha value is -3.93. The molecule has 2 aromatic carbocycles. The fourth-order valence-corrected chi connectivity index (χ4v) is 3.46. The van der Waals surface area contributed by atoms with Gasteiger partial charge in [0.2, 0.25) is 5.91 Å². The van der Waals surface area contributed by atoms with E-state index < -0.39 is 6.04 Å². The van der Waals surface area contributed by atoms with Gasteiger partial charge in [0.05, 0.1) is 12.6 Å². The summed E-state index contributed by atoms with van der Waals surface area (Å²) in [4.78, 5) is 21.7. The quantitative estimate of drug-likeness (QED) is 0.500. The first-order valence-corrected chi connectivity index (χ1v) is 9.60. The molecule has 0 fully saturated rings. The molecule has 2 aromatic heterocycles. The smallest absolute Gasteiger partial charge is 0.244 e. The van der Waals surface area contributed by atoms with E-state index in [2.05, 4.69) is 15.3 Å². The molecule has 30 heavy (non-hydrogen) atoms. The summed E-state index contributed by atoms with van der Waals surface area (Å²) in [5, 5.41) is 4.09. The Labute approximate surface area is 174 Å². The van der Waals surface area contributed by atoms with E-state index in [4.69, 9.17) is 4.74 Å². The van der Waals surface area contributed by atoms with Gasteiger partial charge in [-0.2, -0.15) is 0 Å². The number of carbonyl (C=O) groups excluding carboxylic acids is 1. The lowest BCUT2D eigenvalue weighted by Gasteiger charge is -2.20. The zero-order valence-corrected chi connectivity index (χ0v) is 16.8. The molecule has 0 spiro atoms. The van der Waals surface area contributed by atoms with Crippen LogP contribution in [0.15, 0.2) is 79.3 Å². The Morgan fingerprint density at radius 2 is 1.90 bits per heavy atom. The second kappa shape index (κ2) is 8.61. The molecule has 1 atom stereocenters. The number of benzene rings is 2. The van der Waals surface area contributed by atoms with Gasteiger partial charge in [-0.15, -0.1) is 0 Å². The van der Waals surface area contributed by atoms with Crippen molar-refractivity contribution in [2.24, 2.45) is 7.05 Å². The summed E-state index contributed by atoms with van der Waals surface area (Å²) in [6.45, 7) is 0. The maximum Gasteiger partial charge on any atom is 0.244 e. The van der Waals surface area contributed by atoms with Crippen LogP contribution in [0, 0.1) is 0 Å².